The fraction of sp³-hybridized carbons (Fsp3) is 1.00. The van der Waals surface area contributed by atoms with E-state index in [2.05, 4.69) is 0 Å². The first-order valence-electron chi connectivity index (χ1n) is 6.17. The second kappa shape index (κ2) is 5.58. The van der Waals surface area contributed by atoms with Gasteiger partial charge in [0.05, 0.1) is 0 Å². The van der Waals surface area contributed by atoms with Gasteiger partial charge in [-0.05, 0) is 0 Å². The molecule has 0 spiro atoms. The van der Waals surface area contributed by atoms with Crippen molar-refractivity contribution in [1.29, 1.82) is 0 Å². The maximum atomic E-state index is 6.02. The van der Waals surface area contributed by atoms with E-state index in [4.69, 9.17) is 13.6 Å². The van der Waals surface area contributed by atoms with Crippen LogP contribution in [0.3, 0.4) is 0 Å². The van der Waals surface area contributed by atoms with Gasteiger partial charge in [0, 0.05) is 0 Å². The van der Waals surface area contributed by atoms with Crippen molar-refractivity contribution in [3.63, 3.8) is 0 Å². The molecule has 0 amide bonds. The molecule has 0 atom stereocenters. The van der Waals surface area contributed by atoms with E-state index in [1.54, 1.807) is 0 Å². The molecular formula is C11H25O3P. The summed E-state index contributed by atoms with van der Waals surface area (Å²) in [5.41, 5.74) is 0. The van der Waals surface area contributed by atoms with E-state index in [0.29, 0.717) is 19.8 Å². The Kier molecular flexibility index (Phi) is 4.98. The van der Waals surface area contributed by atoms with Gasteiger partial charge < -0.3 is 0 Å². The molecule has 1 saturated heterocycles. The van der Waals surface area contributed by atoms with Crippen molar-refractivity contribution < 1.29 is 13.6 Å². The van der Waals surface area contributed by atoms with Crippen molar-refractivity contribution in [1.82, 2.24) is 0 Å². The minimum atomic E-state index is -2.71. The van der Waals surface area contributed by atoms with Gasteiger partial charge in [-0.25, -0.2) is 0 Å². The van der Waals surface area contributed by atoms with Crippen molar-refractivity contribution in [2.24, 2.45) is 0 Å². The van der Waals surface area contributed by atoms with Gasteiger partial charge >= 0.3 is 93.0 Å². The summed E-state index contributed by atoms with van der Waals surface area (Å²) >= 11 is 0. The molecule has 0 aromatic carbocycles. The zero-order valence-corrected chi connectivity index (χ0v) is 11.2. The van der Waals surface area contributed by atoms with E-state index in [-0.39, 0.29) is 0 Å². The van der Waals surface area contributed by atoms with Crippen LogP contribution in [0.25, 0.3) is 0 Å². The topological polar surface area (TPSA) is 27.7 Å². The Morgan fingerprint density at radius 3 is 1.47 bits per heavy atom. The van der Waals surface area contributed by atoms with Gasteiger partial charge in [-0.3, -0.25) is 0 Å². The first kappa shape index (κ1) is 13.4. The monoisotopic (exact) mass is 236 g/mol. The molecule has 1 fully saturated rings. The number of hydrogen-bond donors (Lipinski definition) is 0. The van der Waals surface area contributed by atoms with Crippen LogP contribution in [-0.4, -0.2) is 32.1 Å². The molecule has 1 rings (SSSR count). The molecule has 1 aliphatic rings. The van der Waals surface area contributed by atoms with E-state index in [1.165, 1.54) is 19.3 Å². The molecule has 4 heteroatoms. The number of rotatable bonds is 6. The van der Waals surface area contributed by atoms with Gasteiger partial charge in [0.15, 0.2) is 0 Å². The zero-order chi connectivity index (χ0) is 11.2. The summed E-state index contributed by atoms with van der Waals surface area (Å²) in [6.45, 7) is 8.16. The first-order valence-corrected chi connectivity index (χ1v) is 8.53. The van der Waals surface area contributed by atoms with Crippen molar-refractivity contribution in [2.45, 2.75) is 40.0 Å². The second-order valence-electron chi connectivity index (χ2n) is 3.98. The van der Waals surface area contributed by atoms with Crippen LogP contribution in [0.4, 0.5) is 0 Å². The summed E-state index contributed by atoms with van der Waals surface area (Å²) in [5.74, 6) is 0. The average molecular weight is 236 g/mol. The third-order valence-electron chi connectivity index (χ3n) is 2.93. The van der Waals surface area contributed by atoms with Gasteiger partial charge in [0.2, 0.25) is 0 Å². The molecule has 0 N–H and O–H groups in total. The van der Waals surface area contributed by atoms with E-state index in [0.717, 1.165) is 12.3 Å². The molecular weight excluding hydrogens is 211 g/mol. The van der Waals surface area contributed by atoms with Crippen LogP contribution in [0.1, 0.15) is 40.0 Å². The van der Waals surface area contributed by atoms with Gasteiger partial charge in [0.25, 0.3) is 0 Å². The SMILES string of the molecule is CCOP1(OCC)(OCC)CCCCC1. The maximum absolute atomic E-state index is 6.02. The predicted octanol–water partition coefficient (Wildman–Crippen LogP) is 3.58. The Balaban J connectivity index is 2.85. The average Bonchev–Trinajstić information content (AvgIpc) is 2.20. The molecule has 0 aliphatic carbocycles. The Hall–Kier alpha value is 0.310. The summed E-state index contributed by atoms with van der Waals surface area (Å²) in [6, 6.07) is 0. The van der Waals surface area contributed by atoms with Crippen LogP contribution in [0.2, 0.25) is 0 Å². The molecule has 0 radical (unpaired) electrons. The standard InChI is InChI=1S/C11H25O3P/c1-4-12-15(13-5-2,14-6-3)10-8-7-9-11-15/h4-11H2,1-3H3. The first-order chi connectivity index (χ1) is 7.20. The van der Waals surface area contributed by atoms with Crippen molar-refractivity contribution in [2.75, 3.05) is 32.1 Å². The Labute approximate surface area is 93.7 Å². The van der Waals surface area contributed by atoms with Crippen LogP contribution < -0.4 is 0 Å². The fourth-order valence-corrected chi connectivity index (χ4v) is 7.10. The third-order valence-corrected chi connectivity index (χ3v) is 7.79. The Morgan fingerprint density at radius 1 is 0.733 bits per heavy atom. The Morgan fingerprint density at radius 2 is 1.13 bits per heavy atom. The van der Waals surface area contributed by atoms with E-state index in [9.17, 15) is 0 Å². The third kappa shape index (κ3) is 2.91. The molecule has 1 heterocycles. The predicted molar refractivity (Wildman–Crippen MR) is 65.4 cm³/mol. The molecule has 15 heavy (non-hydrogen) atoms. The molecule has 1 aliphatic heterocycles. The van der Waals surface area contributed by atoms with Crippen LogP contribution in [0.5, 0.6) is 0 Å². The van der Waals surface area contributed by atoms with Crippen molar-refractivity contribution >= 4 is 7.28 Å². The summed E-state index contributed by atoms with van der Waals surface area (Å²) in [7, 11) is -2.71. The van der Waals surface area contributed by atoms with Crippen LogP contribution in [0.15, 0.2) is 0 Å². The van der Waals surface area contributed by atoms with Crippen LogP contribution in [0, 0.1) is 0 Å². The molecule has 0 saturated carbocycles. The molecule has 92 valence electrons. The molecule has 0 aromatic rings. The number of hydrogen-bond acceptors (Lipinski definition) is 3. The quantitative estimate of drug-likeness (QED) is 0.660. The van der Waals surface area contributed by atoms with Crippen LogP contribution >= 0.6 is 7.28 Å². The summed E-state index contributed by atoms with van der Waals surface area (Å²) in [6.07, 6.45) is 5.61. The van der Waals surface area contributed by atoms with Crippen LogP contribution in [-0.2, 0) is 13.6 Å². The van der Waals surface area contributed by atoms with Gasteiger partial charge in [0.1, 0.15) is 0 Å². The van der Waals surface area contributed by atoms with Gasteiger partial charge in [-0.1, -0.05) is 0 Å². The summed E-state index contributed by atoms with van der Waals surface area (Å²) < 4.78 is 18.1. The van der Waals surface area contributed by atoms with Crippen molar-refractivity contribution in [3.8, 4) is 0 Å². The normalized spacial score (nSPS) is 26.7. The molecule has 0 aromatic heterocycles. The van der Waals surface area contributed by atoms with E-state index >= 15 is 0 Å². The zero-order valence-electron chi connectivity index (χ0n) is 10.3. The van der Waals surface area contributed by atoms with Gasteiger partial charge in [-0.2, -0.15) is 0 Å². The van der Waals surface area contributed by atoms with Gasteiger partial charge in [-0.15, -0.1) is 0 Å². The summed E-state index contributed by atoms with van der Waals surface area (Å²) in [5, 5.41) is 0. The molecule has 0 unspecified atom stereocenters. The summed E-state index contributed by atoms with van der Waals surface area (Å²) in [4.78, 5) is 0. The fourth-order valence-electron chi connectivity index (χ4n) is 2.49. The van der Waals surface area contributed by atoms with Crippen molar-refractivity contribution in [3.05, 3.63) is 0 Å². The molecule has 3 nitrogen and oxygen atoms in total. The Bertz CT molecular complexity index is 154. The molecule has 0 bridgehead atoms. The minimum absolute atomic E-state index is 0.692. The van der Waals surface area contributed by atoms with E-state index in [1.807, 2.05) is 20.8 Å². The van der Waals surface area contributed by atoms with E-state index < -0.39 is 7.28 Å². The second-order valence-corrected chi connectivity index (χ2v) is 8.10.